The Morgan fingerprint density at radius 3 is 0.574 bits per heavy atom. The first-order valence-corrected chi connectivity index (χ1v) is 43.6. The summed E-state index contributed by atoms with van der Waals surface area (Å²) in [7, 11) is 0. The Balaban J connectivity index is 8.36. The number of aliphatic imine (C=N–C) groups is 4. The molecule has 0 rings (SSSR count). The summed E-state index contributed by atoms with van der Waals surface area (Å²) in [5.74, 6) is -8.58. The number of nitrogens with one attached hydrogen (secondary N) is 4. The number of hydrogen-bond donors (Lipinski definition) is 12. The first kappa shape index (κ1) is 94.6. The summed E-state index contributed by atoms with van der Waals surface area (Å²) < 4.78 is 25.1. The minimum atomic E-state index is -7.45. The molecule has 0 aromatic carbocycles. The van der Waals surface area contributed by atoms with Gasteiger partial charge in [0.25, 0.3) is 0 Å². The summed E-state index contributed by atoms with van der Waals surface area (Å²) in [4.78, 5) is 134. The molecule has 0 aromatic heterocycles. The molecule has 0 saturated carbocycles. The van der Waals surface area contributed by atoms with Crippen LogP contribution in [0.4, 0.5) is 0 Å². The van der Waals surface area contributed by atoms with Crippen molar-refractivity contribution in [3.63, 3.8) is 0 Å². The molecule has 28 nitrogen and oxygen atoms in total. The van der Waals surface area contributed by atoms with E-state index in [0.717, 1.165) is 180 Å². The molecule has 0 saturated heterocycles. The van der Waals surface area contributed by atoms with Gasteiger partial charge in [0.15, 0.2) is 0 Å². The minimum absolute atomic E-state index is 0.00171. The molecule has 20 N–H and O–H groups in total. The smallest absolute Gasteiger partial charge is 0.0654 e. The molecule has 584 valence electrons. The van der Waals surface area contributed by atoms with Crippen LogP contribution >= 0.6 is 0 Å². The van der Waals surface area contributed by atoms with Crippen LogP contribution in [0.3, 0.4) is 0 Å². The Kier molecular flexibility index (Phi) is 60.4. The molecule has 0 aliphatic carbocycles. The summed E-state index contributed by atoms with van der Waals surface area (Å²) in [6.07, 6.45) is 34.5. The quantitative estimate of drug-likeness (QED) is 0.0117. The second kappa shape index (κ2) is 64.5. The van der Waals surface area contributed by atoms with Crippen molar-refractivity contribution in [2.75, 3.05) is 26.2 Å². The van der Waals surface area contributed by atoms with Crippen LogP contribution in [0.5, 0.6) is 0 Å². The van der Waals surface area contributed by atoms with Crippen LogP contribution in [0.25, 0.3) is 0 Å². The maximum atomic E-state index is 15.4. The third kappa shape index (κ3) is 56.8. The molecule has 0 spiro atoms. The summed E-state index contributed by atoms with van der Waals surface area (Å²) >= 11 is -7.45. The van der Waals surface area contributed by atoms with Gasteiger partial charge in [-0.15, -0.1) is 0 Å². The Morgan fingerprint density at radius 1 is 0.257 bits per heavy atom. The molecule has 0 unspecified atom stereocenters. The summed E-state index contributed by atoms with van der Waals surface area (Å²) in [5.41, 5.74) is 45.5. The van der Waals surface area contributed by atoms with Gasteiger partial charge in [-0.1, -0.05) is 105 Å². The third-order valence-electron chi connectivity index (χ3n) is 17.2. The fraction of sp³-hybridized carbons (Fsp3) is 0.833. The monoisotopic (exact) mass is 1540 g/mol. The Labute approximate surface area is 612 Å². The normalized spacial score (nSPS) is 12.3. The van der Waals surface area contributed by atoms with Crippen molar-refractivity contribution in [3.05, 3.63) is 0 Å². The summed E-state index contributed by atoms with van der Waals surface area (Å²) in [6.45, 7) is 8.57. The predicted octanol–water partition coefficient (Wildman–Crippen LogP) is 9.43. The van der Waals surface area contributed by atoms with Crippen LogP contribution in [0.15, 0.2) is 20.0 Å². The van der Waals surface area contributed by atoms with Gasteiger partial charge in [-0.25, -0.2) is 0 Å². The van der Waals surface area contributed by atoms with Crippen LogP contribution < -0.4 is 67.1 Å². The summed E-state index contributed by atoms with van der Waals surface area (Å²) in [5, 5.41) is 11.0. The number of carbonyl (C=O) groups is 8. The predicted molar refractivity (Wildman–Crippen MR) is 405 cm³/mol. The molecule has 4 amide bonds. The zero-order valence-electron chi connectivity index (χ0n) is 62.9. The molecule has 0 heterocycles. The fourth-order valence-electron chi connectivity index (χ4n) is 11.4. The number of rotatable bonds is 68. The average Bonchev–Trinajstić information content (AvgIpc) is 0.803. The van der Waals surface area contributed by atoms with Crippen LogP contribution in [-0.2, 0) is 50.7 Å². The molecule has 101 heavy (non-hydrogen) atoms. The SMILES string of the molecule is CCCCCCCCCCCC(=O)N[C@@H](CCCN=C(N)N)C(=O)[O][Sn]([O]C(=O)[C@H](CCCN=C(N)N)NC(=O)CCCCCCCCCCC)([O]C(=O)[C@H](CCCN=C(N)N)NC(=O)CCCCCCCCCCC)[O]C(=O)[C@H](CCCN=C(N)N)NC(=O)CCCCCCCCCCC. The second-order valence-electron chi connectivity index (χ2n) is 26.8. The maximum absolute atomic E-state index is 15.4. The van der Waals surface area contributed by atoms with Crippen molar-refractivity contribution in [1.29, 1.82) is 0 Å². The van der Waals surface area contributed by atoms with E-state index >= 15 is 19.2 Å². The number of unbranched alkanes of at least 4 members (excludes halogenated alkanes) is 32. The van der Waals surface area contributed by atoms with Gasteiger partial charge in [-0.3, -0.25) is 0 Å². The first-order chi connectivity index (χ1) is 48.6. The summed E-state index contributed by atoms with van der Waals surface area (Å²) in [6, 6.07) is -6.42. The van der Waals surface area contributed by atoms with E-state index in [1.54, 1.807) is 0 Å². The van der Waals surface area contributed by atoms with E-state index in [2.05, 4.69) is 68.9 Å². The number of amides is 4. The minimum Gasteiger partial charge on any atom is -0.0654 e. The van der Waals surface area contributed by atoms with Gasteiger partial charge in [-0.05, 0) is 0 Å². The molecule has 0 radical (unpaired) electrons. The Morgan fingerprint density at radius 2 is 0.416 bits per heavy atom. The van der Waals surface area contributed by atoms with E-state index in [4.69, 9.17) is 58.2 Å². The molecule has 0 aromatic rings. The van der Waals surface area contributed by atoms with E-state index in [-0.39, 0.29) is 127 Å². The zero-order valence-corrected chi connectivity index (χ0v) is 65.7. The van der Waals surface area contributed by atoms with Crippen LogP contribution in [0.2, 0.25) is 0 Å². The molecular formula is C72H140N16O12Sn. The van der Waals surface area contributed by atoms with Crippen molar-refractivity contribution in [2.24, 2.45) is 65.8 Å². The Bertz CT molecular complexity index is 2040. The number of nitrogens with zero attached hydrogens (tertiary/aromatic N) is 4. The van der Waals surface area contributed by atoms with Crippen LogP contribution in [-0.4, -0.2) is 142 Å². The van der Waals surface area contributed by atoms with E-state index < -0.39 is 91.7 Å². The van der Waals surface area contributed by atoms with Crippen LogP contribution in [0.1, 0.15) is 336 Å². The van der Waals surface area contributed by atoms with E-state index in [0.29, 0.717) is 25.7 Å². The number of hydrogen-bond acceptors (Lipinski definition) is 16. The number of nitrogens with two attached hydrogens (primary N) is 8. The number of guanidine groups is 4. The van der Waals surface area contributed by atoms with Gasteiger partial charge in [0.2, 0.25) is 0 Å². The van der Waals surface area contributed by atoms with E-state index in [1.165, 1.54) is 25.7 Å². The molecule has 0 aliphatic rings. The van der Waals surface area contributed by atoms with Gasteiger partial charge >= 0.3 is 511 Å². The fourth-order valence-corrected chi connectivity index (χ4v) is 16.5. The second-order valence-corrected chi connectivity index (χ2v) is 32.0. The average molecular weight is 1540 g/mol. The molecular weight excluding hydrogens is 1400 g/mol. The zero-order chi connectivity index (χ0) is 75.0. The van der Waals surface area contributed by atoms with Gasteiger partial charge < -0.3 is 0 Å². The van der Waals surface area contributed by atoms with Crippen molar-refractivity contribution in [3.8, 4) is 0 Å². The van der Waals surface area contributed by atoms with Gasteiger partial charge in [0, 0.05) is 0 Å². The van der Waals surface area contributed by atoms with Crippen molar-refractivity contribution < 1.29 is 50.7 Å². The van der Waals surface area contributed by atoms with Crippen molar-refractivity contribution >= 4 is 91.4 Å². The molecule has 29 heteroatoms. The van der Waals surface area contributed by atoms with E-state index in [1.807, 2.05) is 0 Å². The van der Waals surface area contributed by atoms with Gasteiger partial charge in [0.1, 0.15) is 0 Å². The van der Waals surface area contributed by atoms with Crippen molar-refractivity contribution in [1.82, 2.24) is 21.3 Å². The Hall–Kier alpha value is -6.36. The third-order valence-corrected chi connectivity index (χ3v) is 22.3. The van der Waals surface area contributed by atoms with Crippen molar-refractivity contribution in [2.45, 2.75) is 360 Å². The van der Waals surface area contributed by atoms with Gasteiger partial charge in [-0.2, -0.15) is 0 Å². The number of carbonyl (C=O) groups excluding carboxylic acids is 8. The van der Waals surface area contributed by atoms with Gasteiger partial charge in [0.05, 0.1) is 0 Å². The molecule has 4 atom stereocenters. The van der Waals surface area contributed by atoms with Crippen LogP contribution in [0, 0.1) is 0 Å². The molecule has 0 aliphatic heterocycles. The van der Waals surface area contributed by atoms with E-state index in [9.17, 15) is 19.2 Å². The topological polar surface area (TPSA) is 479 Å². The standard InChI is InChI=1S/4C18H36N4O3.Sn/c4*1-2-3-4-5-6-7-8-9-10-13-16(23)22-15(17(24)25)12-11-14-21-18(19)20;/h4*15H,2-14H2,1H3,(H,22,23)(H,24,25)(H4,19,20,21);/q;;;;+4/p-4/t4*15-;/m0000./s1. The molecule has 0 bridgehead atoms. The first-order valence-electron chi connectivity index (χ1n) is 38.9. The molecule has 0 fully saturated rings.